The van der Waals surface area contributed by atoms with Crippen LogP contribution < -0.4 is 5.73 Å². The lowest BCUT2D eigenvalue weighted by Gasteiger charge is -2.20. The molecule has 1 aromatic carbocycles. The zero-order valence-electron chi connectivity index (χ0n) is 9.28. The minimum absolute atomic E-state index is 0.0101. The van der Waals surface area contributed by atoms with Crippen LogP contribution in [0, 0.1) is 0 Å². The summed E-state index contributed by atoms with van der Waals surface area (Å²) in [7, 11) is 0. The number of benzene rings is 1. The van der Waals surface area contributed by atoms with E-state index in [9.17, 15) is 23.4 Å². The first-order valence-electron chi connectivity index (χ1n) is 5.16. The van der Waals surface area contributed by atoms with Crippen LogP contribution in [0.1, 0.15) is 23.7 Å². The Balaban J connectivity index is 3.08. The van der Waals surface area contributed by atoms with E-state index < -0.39 is 23.9 Å². The van der Waals surface area contributed by atoms with Crippen molar-refractivity contribution in [2.24, 2.45) is 0 Å². The number of halogens is 4. The van der Waals surface area contributed by atoms with E-state index in [2.05, 4.69) is 0 Å². The fourth-order valence-corrected chi connectivity index (χ4v) is 1.71. The molecule has 18 heavy (non-hydrogen) atoms. The highest BCUT2D eigenvalue weighted by Crippen LogP contribution is 2.34. The van der Waals surface area contributed by atoms with E-state index in [0.29, 0.717) is 0 Å². The molecule has 0 aliphatic heterocycles. The number of hydrogen-bond acceptors (Lipinski definition) is 3. The largest absolute Gasteiger partial charge is 0.416 e. The number of nitrogens with two attached hydrogens (primary N) is 1. The van der Waals surface area contributed by atoms with Gasteiger partial charge in [-0.25, -0.2) is 0 Å². The van der Waals surface area contributed by atoms with Gasteiger partial charge in [-0.05, 0) is 24.6 Å². The van der Waals surface area contributed by atoms with E-state index in [1.54, 1.807) is 0 Å². The van der Waals surface area contributed by atoms with Gasteiger partial charge in [0.1, 0.15) is 6.10 Å². The molecule has 0 bridgehead atoms. The van der Waals surface area contributed by atoms with E-state index in [0.717, 1.165) is 18.2 Å². The SMILES string of the molecule is Nc1ccc(C(F)(F)F)cc1C(O)C(O)CCCl. The second-order valence-electron chi connectivity index (χ2n) is 3.83. The average molecular weight is 284 g/mol. The van der Waals surface area contributed by atoms with Crippen LogP contribution in [-0.4, -0.2) is 22.2 Å². The standard InChI is InChI=1S/C11H13ClF3NO2/c12-4-3-9(17)10(18)7-5-6(11(13,14)15)1-2-8(7)16/h1-2,5,9-10,17-18H,3-4,16H2. The van der Waals surface area contributed by atoms with Gasteiger partial charge in [-0.3, -0.25) is 0 Å². The van der Waals surface area contributed by atoms with Gasteiger partial charge in [0.15, 0.2) is 0 Å². The fourth-order valence-electron chi connectivity index (χ4n) is 1.48. The first-order chi connectivity index (χ1) is 8.27. The quantitative estimate of drug-likeness (QED) is 0.587. The summed E-state index contributed by atoms with van der Waals surface area (Å²) in [6.45, 7) is 0. The summed E-state index contributed by atoms with van der Waals surface area (Å²) < 4.78 is 37.5. The Kier molecular flexibility index (Phi) is 4.84. The molecule has 7 heteroatoms. The first-order valence-corrected chi connectivity index (χ1v) is 5.69. The lowest BCUT2D eigenvalue weighted by molar-refractivity contribution is -0.137. The van der Waals surface area contributed by atoms with Crippen LogP contribution in [0.4, 0.5) is 18.9 Å². The van der Waals surface area contributed by atoms with Gasteiger partial charge in [-0.1, -0.05) is 0 Å². The molecule has 0 spiro atoms. The molecule has 0 fully saturated rings. The highest BCUT2D eigenvalue weighted by molar-refractivity contribution is 6.17. The zero-order valence-corrected chi connectivity index (χ0v) is 10.0. The van der Waals surface area contributed by atoms with Gasteiger partial charge >= 0.3 is 6.18 Å². The molecule has 2 unspecified atom stereocenters. The van der Waals surface area contributed by atoms with Crippen LogP contribution >= 0.6 is 11.6 Å². The van der Waals surface area contributed by atoms with Crippen molar-refractivity contribution in [2.75, 3.05) is 11.6 Å². The number of aliphatic hydroxyl groups is 2. The molecule has 0 amide bonds. The van der Waals surface area contributed by atoms with Gasteiger partial charge in [0.2, 0.25) is 0 Å². The number of anilines is 1. The second kappa shape index (κ2) is 5.77. The number of alkyl halides is 4. The second-order valence-corrected chi connectivity index (χ2v) is 4.21. The molecule has 0 saturated heterocycles. The molecule has 0 heterocycles. The average Bonchev–Trinajstić information content (AvgIpc) is 2.27. The minimum atomic E-state index is -4.53. The van der Waals surface area contributed by atoms with Crippen molar-refractivity contribution in [3.05, 3.63) is 29.3 Å². The van der Waals surface area contributed by atoms with Crippen molar-refractivity contribution in [3.8, 4) is 0 Å². The highest BCUT2D eigenvalue weighted by atomic mass is 35.5. The van der Waals surface area contributed by atoms with Gasteiger partial charge < -0.3 is 15.9 Å². The predicted octanol–water partition coefficient (Wildman–Crippen LogP) is 2.31. The molecule has 3 nitrogen and oxygen atoms in total. The van der Waals surface area contributed by atoms with Gasteiger partial charge in [-0.15, -0.1) is 11.6 Å². The van der Waals surface area contributed by atoms with Crippen LogP contribution in [0.3, 0.4) is 0 Å². The third kappa shape index (κ3) is 3.51. The monoisotopic (exact) mass is 283 g/mol. The topological polar surface area (TPSA) is 66.5 Å². The van der Waals surface area contributed by atoms with Gasteiger partial charge in [0.05, 0.1) is 11.7 Å². The molecular formula is C11H13ClF3NO2. The van der Waals surface area contributed by atoms with Crippen LogP contribution in [0.25, 0.3) is 0 Å². The summed E-state index contributed by atoms with van der Waals surface area (Å²) in [4.78, 5) is 0. The summed E-state index contributed by atoms with van der Waals surface area (Å²) >= 11 is 5.39. The Morgan fingerprint density at radius 1 is 1.28 bits per heavy atom. The molecule has 0 aliphatic rings. The van der Waals surface area contributed by atoms with Crippen molar-refractivity contribution < 1.29 is 23.4 Å². The minimum Gasteiger partial charge on any atom is -0.398 e. The normalized spacial score (nSPS) is 15.4. The molecule has 1 aromatic rings. The molecule has 0 saturated carbocycles. The van der Waals surface area contributed by atoms with Gasteiger partial charge in [0, 0.05) is 17.1 Å². The van der Waals surface area contributed by atoms with Crippen molar-refractivity contribution in [1.29, 1.82) is 0 Å². The van der Waals surface area contributed by atoms with Crippen LogP contribution in [0.15, 0.2) is 18.2 Å². The van der Waals surface area contributed by atoms with Gasteiger partial charge in [-0.2, -0.15) is 13.2 Å². The number of nitrogen functional groups attached to an aromatic ring is 1. The predicted molar refractivity (Wildman–Crippen MR) is 62.2 cm³/mol. The van der Waals surface area contributed by atoms with E-state index in [-0.39, 0.29) is 23.6 Å². The smallest absolute Gasteiger partial charge is 0.398 e. The van der Waals surface area contributed by atoms with E-state index >= 15 is 0 Å². The number of hydrogen-bond donors (Lipinski definition) is 3. The van der Waals surface area contributed by atoms with E-state index in [1.807, 2.05) is 0 Å². The zero-order chi connectivity index (χ0) is 13.9. The molecule has 0 aliphatic carbocycles. The summed E-state index contributed by atoms with van der Waals surface area (Å²) in [5.41, 5.74) is 4.41. The number of rotatable bonds is 4. The van der Waals surface area contributed by atoms with Gasteiger partial charge in [0.25, 0.3) is 0 Å². The Morgan fingerprint density at radius 3 is 2.39 bits per heavy atom. The van der Waals surface area contributed by atoms with Crippen LogP contribution in [0.2, 0.25) is 0 Å². The molecule has 1 rings (SSSR count). The molecule has 4 N–H and O–H groups in total. The molecule has 0 aromatic heterocycles. The molecule has 102 valence electrons. The van der Waals surface area contributed by atoms with E-state index in [1.165, 1.54) is 0 Å². The van der Waals surface area contributed by atoms with Crippen molar-refractivity contribution >= 4 is 17.3 Å². The maximum atomic E-state index is 12.5. The lowest BCUT2D eigenvalue weighted by atomic mass is 9.98. The summed E-state index contributed by atoms with van der Waals surface area (Å²) in [5.74, 6) is 0.0804. The Bertz CT molecular complexity index is 412. The Morgan fingerprint density at radius 2 is 1.89 bits per heavy atom. The fraction of sp³-hybridized carbons (Fsp3) is 0.455. The maximum absolute atomic E-state index is 12.5. The molecule has 2 atom stereocenters. The highest BCUT2D eigenvalue weighted by Gasteiger charge is 2.32. The summed E-state index contributed by atoms with van der Waals surface area (Å²) in [6.07, 6.45) is -7.22. The molecule has 0 radical (unpaired) electrons. The van der Waals surface area contributed by atoms with Crippen molar-refractivity contribution in [1.82, 2.24) is 0 Å². The molecular weight excluding hydrogens is 271 g/mol. The lowest BCUT2D eigenvalue weighted by Crippen LogP contribution is -2.20. The van der Waals surface area contributed by atoms with Crippen molar-refractivity contribution in [3.63, 3.8) is 0 Å². The number of aliphatic hydroxyl groups excluding tert-OH is 2. The third-order valence-electron chi connectivity index (χ3n) is 2.50. The Hall–Kier alpha value is -0.980. The Labute approximate surface area is 107 Å². The summed E-state index contributed by atoms with van der Waals surface area (Å²) in [6, 6.07) is 2.60. The van der Waals surface area contributed by atoms with E-state index in [4.69, 9.17) is 17.3 Å². The van der Waals surface area contributed by atoms with Crippen molar-refractivity contribution in [2.45, 2.75) is 24.8 Å². The maximum Gasteiger partial charge on any atom is 0.416 e. The van der Waals surface area contributed by atoms with Crippen LogP contribution in [0.5, 0.6) is 0 Å². The third-order valence-corrected chi connectivity index (χ3v) is 2.72. The first kappa shape index (κ1) is 15.1. The van der Waals surface area contributed by atoms with Crippen LogP contribution in [-0.2, 0) is 6.18 Å². The summed E-state index contributed by atoms with van der Waals surface area (Å²) in [5, 5.41) is 19.3.